The summed E-state index contributed by atoms with van der Waals surface area (Å²) in [6.45, 7) is 0.764. The molecule has 0 bridgehead atoms. The van der Waals surface area contributed by atoms with Crippen molar-refractivity contribution < 1.29 is 14.6 Å². The second-order valence-electron chi connectivity index (χ2n) is 6.96. The number of aromatic amines is 1. The molecule has 4 unspecified atom stereocenters. The van der Waals surface area contributed by atoms with E-state index in [9.17, 15) is 9.90 Å². The third-order valence-electron chi connectivity index (χ3n) is 5.39. The van der Waals surface area contributed by atoms with Crippen LogP contribution in [-0.2, 0) is 4.79 Å². The third-order valence-corrected chi connectivity index (χ3v) is 5.71. The lowest BCUT2D eigenvalue weighted by molar-refractivity contribution is -0.141. The summed E-state index contributed by atoms with van der Waals surface area (Å²) in [5, 5.41) is 27.0. The number of H-pyrrole nitrogens is 1. The van der Waals surface area contributed by atoms with Gasteiger partial charge in [0.15, 0.2) is 0 Å². The van der Waals surface area contributed by atoms with Gasteiger partial charge in [-0.25, -0.2) is 0 Å². The highest BCUT2D eigenvalue weighted by Gasteiger charge is 2.38. The highest BCUT2D eigenvalue weighted by Crippen LogP contribution is 2.40. The number of ether oxygens (including phenoxy) is 1. The first-order valence-corrected chi connectivity index (χ1v) is 9.14. The number of benzene rings is 1. The molecule has 2 aliphatic rings. The summed E-state index contributed by atoms with van der Waals surface area (Å²) < 4.78 is 6.26. The molecule has 1 aliphatic heterocycles. The number of nitrogens with one attached hydrogen (secondary N) is 2. The van der Waals surface area contributed by atoms with Crippen LogP contribution in [0.3, 0.4) is 0 Å². The molecule has 26 heavy (non-hydrogen) atoms. The number of halogens is 1. The van der Waals surface area contributed by atoms with Crippen LogP contribution in [-0.4, -0.2) is 50.4 Å². The van der Waals surface area contributed by atoms with Crippen molar-refractivity contribution in [1.82, 2.24) is 25.9 Å². The summed E-state index contributed by atoms with van der Waals surface area (Å²) in [6.07, 6.45) is 3.46. The van der Waals surface area contributed by atoms with E-state index in [1.807, 2.05) is 12.1 Å². The van der Waals surface area contributed by atoms with Crippen LogP contribution in [0.5, 0.6) is 5.75 Å². The predicted octanol–water partition coefficient (Wildman–Crippen LogP) is 2.13. The Labute approximate surface area is 155 Å². The van der Waals surface area contributed by atoms with E-state index in [2.05, 4.69) is 25.9 Å². The number of nitrogens with zero attached hydrogens (tertiary/aromatic N) is 3. The third kappa shape index (κ3) is 3.39. The summed E-state index contributed by atoms with van der Waals surface area (Å²) >= 11 is 6.33. The number of tetrazole rings is 1. The van der Waals surface area contributed by atoms with Crippen molar-refractivity contribution in [1.29, 1.82) is 0 Å². The maximum atomic E-state index is 11.3. The van der Waals surface area contributed by atoms with Gasteiger partial charge in [-0.2, -0.15) is 5.21 Å². The van der Waals surface area contributed by atoms with Gasteiger partial charge >= 0.3 is 5.97 Å². The Morgan fingerprint density at radius 2 is 2.15 bits per heavy atom. The van der Waals surface area contributed by atoms with E-state index < -0.39 is 12.0 Å². The normalized spacial score (nSPS) is 28.3. The number of hydrogen-bond donors (Lipinski definition) is 3. The Morgan fingerprint density at radius 3 is 2.92 bits per heavy atom. The fraction of sp³-hybridized carbons (Fsp3) is 0.529. The van der Waals surface area contributed by atoms with Crippen LogP contribution in [0.2, 0.25) is 5.02 Å². The summed E-state index contributed by atoms with van der Waals surface area (Å²) in [6, 6.07) is 4.99. The van der Waals surface area contributed by atoms with E-state index in [4.69, 9.17) is 16.3 Å². The van der Waals surface area contributed by atoms with Gasteiger partial charge in [0.05, 0.1) is 16.7 Å². The quantitative estimate of drug-likeness (QED) is 0.747. The number of rotatable bonds is 4. The first kappa shape index (κ1) is 17.2. The number of hydrogen-bond acceptors (Lipinski definition) is 6. The molecule has 8 nitrogen and oxygen atoms in total. The van der Waals surface area contributed by atoms with Gasteiger partial charge < -0.3 is 15.2 Å². The number of aromatic nitrogens is 4. The van der Waals surface area contributed by atoms with Crippen molar-refractivity contribution in [2.75, 3.05) is 6.54 Å². The lowest BCUT2D eigenvalue weighted by Gasteiger charge is -2.41. The molecule has 1 aliphatic carbocycles. The second-order valence-corrected chi connectivity index (χ2v) is 7.36. The molecule has 9 heteroatoms. The molecular formula is C17H20ClN5O3. The zero-order valence-electron chi connectivity index (χ0n) is 14.1. The fourth-order valence-corrected chi connectivity index (χ4v) is 4.33. The largest absolute Gasteiger partial charge is 0.490 e. The van der Waals surface area contributed by atoms with Crippen LogP contribution in [0.15, 0.2) is 18.2 Å². The zero-order chi connectivity index (χ0) is 18.1. The number of piperidine rings is 1. The summed E-state index contributed by atoms with van der Waals surface area (Å²) in [7, 11) is 0. The molecule has 0 radical (unpaired) electrons. The van der Waals surface area contributed by atoms with Crippen molar-refractivity contribution >= 4 is 17.6 Å². The number of carboxylic acid groups (broad SMARTS) is 1. The summed E-state index contributed by atoms with van der Waals surface area (Å²) in [5.41, 5.74) is 0.624. The standard InChI is InChI=1S/C17H20ClN5O3/c18-12-2-1-3-14(15(12)16-20-22-23-21-16)26-11-5-4-9-8-19-13(17(24)25)7-10(9)6-11/h1-3,9-11,13,19H,4-8H2,(H,24,25)(H,20,21,22,23). The molecule has 2 aromatic rings. The molecule has 4 atom stereocenters. The van der Waals surface area contributed by atoms with Gasteiger partial charge in [0.25, 0.3) is 0 Å². The average molecular weight is 378 g/mol. The Balaban J connectivity index is 1.50. The van der Waals surface area contributed by atoms with Crippen LogP contribution in [0.25, 0.3) is 11.4 Å². The maximum absolute atomic E-state index is 11.3. The Kier molecular flexibility index (Phi) is 4.78. The molecule has 1 aromatic carbocycles. The average Bonchev–Trinajstić information content (AvgIpc) is 3.15. The first-order valence-electron chi connectivity index (χ1n) is 8.77. The van der Waals surface area contributed by atoms with Crippen molar-refractivity contribution in [3.63, 3.8) is 0 Å². The fourth-order valence-electron chi connectivity index (χ4n) is 4.08. The van der Waals surface area contributed by atoms with E-state index >= 15 is 0 Å². The van der Waals surface area contributed by atoms with Gasteiger partial charge in [-0.15, -0.1) is 10.2 Å². The first-order chi connectivity index (χ1) is 12.6. The SMILES string of the molecule is O=C(O)C1CC2CC(Oc3cccc(Cl)c3-c3nn[nH]n3)CCC2CN1. The van der Waals surface area contributed by atoms with Crippen molar-refractivity contribution in [2.24, 2.45) is 11.8 Å². The van der Waals surface area contributed by atoms with Gasteiger partial charge in [0.1, 0.15) is 11.8 Å². The van der Waals surface area contributed by atoms with Crippen molar-refractivity contribution in [2.45, 2.75) is 37.8 Å². The van der Waals surface area contributed by atoms with Crippen LogP contribution in [0.1, 0.15) is 25.7 Å². The summed E-state index contributed by atoms with van der Waals surface area (Å²) in [4.78, 5) is 11.3. The van der Waals surface area contributed by atoms with Gasteiger partial charge in [-0.3, -0.25) is 4.79 Å². The molecule has 3 N–H and O–H groups in total. The van der Waals surface area contributed by atoms with Crippen LogP contribution >= 0.6 is 11.6 Å². The van der Waals surface area contributed by atoms with Gasteiger partial charge in [-0.05, 0) is 61.4 Å². The molecule has 0 amide bonds. The van der Waals surface area contributed by atoms with Gasteiger partial charge in [0.2, 0.25) is 5.82 Å². The molecule has 0 spiro atoms. The monoisotopic (exact) mass is 377 g/mol. The Bertz CT molecular complexity index is 785. The zero-order valence-corrected chi connectivity index (χ0v) is 14.8. The number of carboxylic acids is 1. The maximum Gasteiger partial charge on any atom is 0.320 e. The lowest BCUT2D eigenvalue weighted by atomic mass is 9.72. The van der Waals surface area contributed by atoms with Gasteiger partial charge in [-0.1, -0.05) is 17.7 Å². The minimum Gasteiger partial charge on any atom is -0.490 e. The molecular weight excluding hydrogens is 358 g/mol. The molecule has 138 valence electrons. The smallest absolute Gasteiger partial charge is 0.320 e. The number of fused-ring (bicyclic) bond motifs is 1. The molecule has 1 saturated heterocycles. The highest BCUT2D eigenvalue weighted by molar-refractivity contribution is 6.33. The Hall–Kier alpha value is -2.19. The van der Waals surface area contributed by atoms with E-state index in [1.165, 1.54) is 0 Å². The lowest BCUT2D eigenvalue weighted by Crippen LogP contribution is -2.50. The number of carbonyl (C=O) groups is 1. The minimum atomic E-state index is -0.777. The molecule has 1 aromatic heterocycles. The number of aliphatic carboxylic acids is 1. The van der Waals surface area contributed by atoms with Crippen molar-refractivity contribution in [3.8, 4) is 17.1 Å². The van der Waals surface area contributed by atoms with E-state index in [0.29, 0.717) is 40.4 Å². The van der Waals surface area contributed by atoms with E-state index in [1.54, 1.807) is 6.07 Å². The highest BCUT2D eigenvalue weighted by atomic mass is 35.5. The molecule has 1 saturated carbocycles. The van der Waals surface area contributed by atoms with E-state index in [0.717, 1.165) is 25.8 Å². The van der Waals surface area contributed by atoms with Crippen molar-refractivity contribution in [3.05, 3.63) is 23.2 Å². The van der Waals surface area contributed by atoms with Crippen LogP contribution < -0.4 is 10.1 Å². The molecule has 2 fully saturated rings. The van der Waals surface area contributed by atoms with E-state index in [-0.39, 0.29) is 6.10 Å². The van der Waals surface area contributed by atoms with Gasteiger partial charge in [0, 0.05) is 0 Å². The van der Waals surface area contributed by atoms with Crippen LogP contribution in [0.4, 0.5) is 0 Å². The second kappa shape index (κ2) is 7.20. The topological polar surface area (TPSA) is 113 Å². The minimum absolute atomic E-state index is 0.0212. The molecule has 2 heterocycles. The predicted molar refractivity (Wildman–Crippen MR) is 93.9 cm³/mol. The molecule has 4 rings (SSSR count). The van der Waals surface area contributed by atoms with Crippen LogP contribution in [0, 0.1) is 11.8 Å². The Morgan fingerprint density at radius 1 is 1.27 bits per heavy atom. The summed E-state index contributed by atoms with van der Waals surface area (Å²) in [5.74, 6) is 1.12.